The van der Waals surface area contributed by atoms with Gasteiger partial charge in [-0.15, -0.1) is 0 Å². The lowest BCUT2D eigenvalue weighted by molar-refractivity contribution is -0.128. The van der Waals surface area contributed by atoms with E-state index < -0.39 is 23.8 Å². The highest BCUT2D eigenvalue weighted by Crippen LogP contribution is 2.22. The Morgan fingerprint density at radius 3 is 2.26 bits per heavy atom. The monoisotopic (exact) mass is 377 g/mol. The van der Waals surface area contributed by atoms with E-state index in [9.17, 15) is 19.2 Å². The van der Waals surface area contributed by atoms with E-state index in [2.05, 4.69) is 5.32 Å². The van der Waals surface area contributed by atoms with Gasteiger partial charge in [-0.3, -0.25) is 9.59 Å². The van der Waals surface area contributed by atoms with Gasteiger partial charge in [-0.05, 0) is 45.3 Å². The molecule has 0 aliphatic carbocycles. The van der Waals surface area contributed by atoms with E-state index in [-0.39, 0.29) is 29.1 Å². The van der Waals surface area contributed by atoms with E-state index in [1.54, 1.807) is 4.90 Å². The highest BCUT2D eigenvalue weighted by Gasteiger charge is 2.34. The van der Waals surface area contributed by atoms with E-state index in [4.69, 9.17) is 10.2 Å². The Bertz CT molecular complexity index is 729. The molecule has 1 aliphatic heterocycles. The van der Waals surface area contributed by atoms with Gasteiger partial charge in [0.05, 0.1) is 17.0 Å². The minimum absolute atomic E-state index is 0.0795. The molecule has 0 spiro atoms. The van der Waals surface area contributed by atoms with E-state index in [0.29, 0.717) is 13.1 Å². The van der Waals surface area contributed by atoms with E-state index >= 15 is 0 Å². The van der Waals surface area contributed by atoms with Crippen molar-refractivity contribution >= 4 is 29.4 Å². The Labute approximate surface area is 156 Å². The van der Waals surface area contributed by atoms with Crippen molar-refractivity contribution in [3.05, 3.63) is 29.3 Å². The van der Waals surface area contributed by atoms with E-state index in [0.717, 1.165) is 19.0 Å². The van der Waals surface area contributed by atoms with Crippen LogP contribution in [0.1, 0.15) is 33.6 Å². The zero-order chi connectivity index (χ0) is 20.1. The molecule has 9 heteroatoms. The predicted octanol–water partition coefficient (Wildman–Crippen LogP) is 0.822. The Hall–Kier alpha value is -2.94. The third-order valence-electron chi connectivity index (χ3n) is 4.31. The van der Waals surface area contributed by atoms with Gasteiger partial charge in [0.2, 0.25) is 11.8 Å². The first kappa shape index (κ1) is 20.4. The zero-order valence-electron chi connectivity index (χ0n) is 15.3. The fourth-order valence-electron chi connectivity index (χ4n) is 2.93. The summed E-state index contributed by atoms with van der Waals surface area (Å²) < 4.78 is 0. The third-order valence-corrected chi connectivity index (χ3v) is 4.31. The molecular formula is C18H23N3O6. The molecule has 1 heterocycles. The number of nitrogens with one attached hydrogen (secondary N) is 1. The number of hydrogen-bond acceptors (Lipinski definition) is 5. The first-order valence-electron chi connectivity index (χ1n) is 8.52. The average Bonchev–Trinajstić information content (AvgIpc) is 2.95. The number of carbonyl (C=O) groups excluding carboxylic acids is 2. The van der Waals surface area contributed by atoms with Gasteiger partial charge in [0.1, 0.15) is 0 Å². The van der Waals surface area contributed by atoms with Crippen LogP contribution in [0.15, 0.2) is 18.2 Å². The summed E-state index contributed by atoms with van der Waals surface area (Å²) in [5.41, 5.74) is -0.396. The molecule has 1 aromatic rings. The van der Waals surface area contributed by atoms with Crippen LogP contribution >= 0.6 is 0 Å². The summed E-state index contributed by atoms with van der Waals surface area (Å²) in [4.78, 5) is 50.5. The molecule has 1 saturated heterocycles. The topological polar surface area (TPSA) is 127 Å². The van der Waals surface area contributed by atoms with E-state index in [1.165, 1.54) is 12.1 Å². The molecule has 1 aliphatic rings. The molecule has 146 valence electrons. The second-order valence-electron chi connectivity index (χ2n) is 6.80. The van der Waals surface area contributed by atoms with Crippen molar-refractivity contribution in [1.29, 1.82) is 0 Å². The molecule has 1 atom stereocenters. The standard InChI is InChI=1S/C18H23N3O6/c1-20(2)4-3-5-21-10-13(9-15(21)22)16(23)19-14-7-11(17(24)25)6-12(8-14)18(26)27/h6-8,13H,3-5,9-10H2,1-2H3,(H,19,23)(H,24,25)(H,26,27). The molecule has 2 rings (SSSR count). The summed E-state index contributed by atoms with van der Waals surface area (Å²) in [5, 5.41) is 20.7. The molecule has 0 radical (unpaired) electrons. The molecule has 1 aromatic carbocycles. The van der Waals surface area contributed by atoms with Crippen molar-refractivity contribution in [3.63, 3.8) is 0 Å². The third kappa shape index (κ3) is 5.52. The van der Waals surface area contributed by atoms with Crippen molar-refractivity contribution in [1.82, 2.24) is 9.80 Å². The number of hydrogen-bond donors (Lipinski definition) is 3. The molecule has 0 bridgehead atoms. The van der Waals surface area contributed by atoms with Crippen molar-refractivity contribution in [3.8, 4) is 0 Å². The van der Waals surface area contributed by atoms with Crippen LogP contribution in [0.2, 0.25) is 0 Å². The maximum absolute atomic E-state index is 12.5. The van der Waals surface area contributed by atoms with Crippen molar-refractivity contribution in [2.75, 3.05) is 39.0 Å². The van der Waals surface area contributed by atoms with Gasteiger partial charge in [0.25, 0.3) is 0 Å². The van der Waals surface area contributed by atoms with Gasteiger partial charge < -0.3 is 25.3 Å². The SMILES string of the molecule is CN(C)CCCN1CC(C(=O)Nc2cc(C(=O)O)cc(C(=O)O)c2)CC1=O. The molecular weight excluding hydrogens is 354 g/mol. The maximum Gasteiger partial charge on any atom is 0.335 e. The van der Waals surface area contributed by atoms with Crippen LogP contribution in [0.4, 0.5) is 5.69 Å². The van der Waals surface area contributed by atoms with Crippen LogP contribution in [-0.4, -0.2) is 77.5 Å². The quantitative estimate of drug-likeness (QED) is 0.612. The second-order valence-corrected chi connectivity index (χ2v) is 6.80. The summed E-state index contributed by atoms with van der Waals surface area (Å²) >= 11 is 0. The molecule has 1 fully saturated rings. The lowest BCUT2D eigenvalue weighted by Crippen LogP contribution is -2.30. The number of nitrogens with zero attached hydrogens (tertiary/aromatic N) is 2. The number of likely N-dealkylation sites (tertiary alicyclic amines) is 1. The second kappa shape index (κ2) is 8.63. The van der Waals surface area contributed by atoms with Crippen LogP contribution in [0.25, 0.3) is 0 Å². The summed E-state index contributed by atoms with van der Waals surface area (Å²) in [7, 11) is 3.89. The number of aromatic carboxylic acids is 2. The zero-order valence-corrected chi connectivity index (χ0v) is 15.3. The predicted molar refractivity (Wildman–Crippen MR) is 96.8 cm³/mol. The molecule has 1 unspecified atom stereocenters. The highest BCUT2D eigenvalue weighted by molar-refractivity contribution is 6.00. The number of carboxylic acids is 2. The Balaban J connectivity index is 2.04. The number of rotatable bonds is 8. The number of anilines is 1. The summed E-state index contributed by atoms with van der Waals surface area (Å²) in [6.07, 6.45) is 0.883. The van der Waals surface area contributed by atoms with Crippen LogP contribution in [-0.2, 0) is 9.59 Å². The summed E-state index contributed by atoms with van der Waals surface area (Å²) in [6.45, 7) is 1.70. The van der Waals surface area contributed by atoms with Gasteiger partial charge in [-0.2, -0.15) is 0 Å². The first-order valence-corrected chi connectivity index (χ1v) is 8.52. The van der Waals surface area contributed by atoms with Gasteiger partial charge in [0, 0.05) is 25.2 Å². The molecule has 0 saturated carbocycles. The minimum atomic E-state index is -1.29. The number of benzene rings is 1. The number of carbonyl (C=O) groups is 4. The van der Waals surface area contributed by atoms with Gasteiger partial charge in [-0.1, -0.05) is 0 Å². The van der Waals surface area contributed by atoms with Crippen LogP contribution in [0.3, 0.4) is 0 Å². The van der Waals surface area contributed by atoms with Crippen molar-refractivity contribution in [2.45, 2.75) is 12.8 Å². The fraction of sp³-hybridized carbons (Fsp3) is 0.444. The summed E-state index contributed by atoms with van der Waals surface area (Å²) in [5.74, 6) is -3.68. The van der Waals surface area contributed by atoms with Crippen molar-refractivity contribution in [2.24, 2.45) is 5.92 Å². The van der Waals surface area contributed by atoms with Gasteiger partial charge >= 0.3 is 11.9 Å². The average molecular weight is 377 g/mol. The van der Waals surface area contributed by atoms with Gasteiger partial charge in [0.15, 0.2) is 0 Å². The first-order chi connectivity index (χ1) is 12.7. The highest BCUT2D eigenvalue weighted by atomic mass is 16.4. The molecule has 2 amide bonds. The normalized spacial score (nSPS) is 16.6. The molecule has 0 aromatic heterocycles. The molecule has 27 heavy (non-hydrogen) atoms. The minimum Gasteiger partial charge on any atom is -0.478 e. The van der Waals surface area contributed by atoms with Crippen LogP contribution < -0.4 is 5.32 Å². The Morgan fingerprint density at radius 1 is 1.15 bits per heavy atom. The van der Waals surface area contributed by atoms with Crippen molar-refractivity contribution < 1.29 is 29.4 Å². The summed E-state index contributed by atoms with van der Waals surface area (Å²) in [6, 6.07) is 3.41. The lowest BCUT2D eigenvalue weighted by Gasteiger charge is -2.18. The Kier molecular flexibility index (Phi) is 6.51. The van der Waals surface area contributed by atoms with Crippen LogP contribution in [0, 0.1) is 5.92 Å². The number of amides is 2. The fourth-order valence-corrected chi connectivity index (χ4v) is 2.93. The smallest absolute Gasteiger partial charge is 0.335 e. The van der Waals surface area contributed by atoms with E-state index in [1.807, 2.05) is 19.0 Å². The Morgan fingerprint density at radius 2 is 1.74 bits per heavy atom. The molecule has 3 N–H and O–H groups in total. The van der Waals surface area contributed by atoms with Gasteiger partial charge in [-0.25, -0.2) is 9.59 Å². The number of carboxylic acid groups (broad SMARTS) is 2. The lowest BCUT2D eigenvalue weighted by atomic mass is 10.1. The molecule has 9 nitrogen and oxygen atoms in total. The van der Waals surface area contributed by atoms with Crippen LogP contribution in [0.5, 0.6) is 0 Å². The largest absolute Gasteiger partial charge is 0.478 e. The maximum atomic E-state index is 12.5.